The van der Waals surface area contributed by atoms with Gasteiger partial charge in [0.15, 0.2) is 5.78 Å². The molecule has 9 nitrogen and oxygen atoms in total. The molecule has 39 heavy (non-hydrogen) atoms. The van der Waals surface area contributed by atoms with Crippen LogP contribution in [0.3, 0.4) is 0 Å². The Hall–Kier alpha value is -3.28. The maximum absolute atomic E-state index is 13.7. The first-order chi connectivity index (χ1) is 18.3. The zero-order valence-electron chi connectivity index (χ0n) is 22.5. The highest BCUT2D eigenvalue weighted by molar-refractivity contribution is 7.87. The second-order valence-electron chi connectivity index (χ2n) is 10.3. The lowest BCUT2D eigenvalue weighted by molar-refractivity contribution is -0.121. The second-order valence-corrected chi connectivity index (χ2v) is 12.3. The molecule has 1 heterocycles. The van der Waals surface area contributed by atoms with Crippen molar-refractivity contribution in [2.24, 2.45) is 0 Å². The van der Waals surface area contributed by atoms with Crippen LogP contribution in [0.5, 0.6) is 0 Å². The van der Waals surface area contributed by atoms with Gasteiger partial charge in [0.05, 0.1) is 22.4 Å². The molecule has 2 atom stereocenters. The summed E-state index contributed by atoms with van der Waals surface area (Å²) in [6.07, 6.45) is 1.04. The minimum atomic E-state index is -4.38. The second kappa shape index (κ2) is 13.2. The van der Waals surface area contributed by atoms with E-state index in [0.29, 0.717) is 12.8 Å². The van der Waals surface area contributed by atoms with Crippen LogP contribution in [0, 0.1) is 0 Å². The van der Waals surface area contributed by atoms with Gasteiger partial charge in [-0.1, -0.05) is 49.4 Å². The largest absolute Gasteiger partial charge is 0.444 e. The van der Waals surface area contributed by atoms with Crippen LogP contribution in [-0.4, -0.2) is 41.5 Å². The molecule has 1 amide bonds. The molecule has 0 saturated carbocycles. The van der Waals surface area contributed by atoms with Gasteiger partial charge in [-0.15, -0.1) is 11.3 Å². The maximum atomic E-state index is 13.7. The van der Waals surface area contributed by atoms with Crippen molar-refractivity contribution in [3.8, 4) is 0 Å². The van der Waals surface area contributed by atoms with E-state index in [-0.39, 0.29) is 23.8 Å². The molecular formula is C28H35N3O6S2. The Morgan fingerprint density at radius 2 is 1.67 bits per heavy atom. The van der Waals surface area contributed by atoms with E-state index in [1.807, 2.05) is 47.4 Å². The number of rotatable bonds is 12. The maximum Gasteiger partial charge on any atom is 0.408 e. The third kappa shape index (κ3) is 10.4. The molecule has 3 aromatic rings. The fraction of sp³-hybridized carbons (Fsp3) is 0.393. The molecule has 210 valence electrons. The van der Waals surface area contributed by atoms with Crippen LogP contribution >= 0.6 is 11.3 Å². The average Bonchev–Trinajstić information content (AvgIpc) is 3.32. The number of ketones is 1. The van der Waals surface area contributed by atoms with Crippen molar-refractivity contribution in [2.45, 2.75) is 70.9 Å². The minimum absolute atomic E-state index is 0.134. The predicted molar refractivity (Wildman–Crippen MR) is 152 cm³/mol. The van der Waals surface area contributed by atoms with Crippen LogP contribution in [0.25, 0.3) is 0 Å². The van der Waals surface area contributed by atoms with Gasteiger partial charge in [-0.25, -0.2) is 9.78 Å². The standard InChI is InChI=1S/C28H35N3O6S2/c1-5-22-18-38-26(29-22)21(15-20-11-13-23(14-12-20)31-39(34,35)36)17-25(32)24(16-19-9-7-6-8-10-19)30-27(33)37-28(2,3)4/h6-14,18,21,24,31H,5,15-17H2,1-4H3,(H,30,33)(H,34,35,36). The molecule has 0 aliphatic heterocycles. The van der Waals surface area contributed by atoms with E-state index in [1.165, 1.54) is 11.3 Å². The third-order valence-corrected chi connectivity index (χ3v) is 7.32. The molecular weight excluding hydrogens is 538 g/mol. The Kier molecular flexibility index (Phi) is 10.2. The third-order valence-electron chi connectivity index (χ3n) is 5.77. The molecule has 3 rings (SSSR count). The van der Waals surface area contributed by atoms with Crippen molar-refractivity contribution in [2.75, 3.05) is 4.72 Å². The molecule has 1 aromatic heterocycles. The number of alkyl carbamates (subject to hydrolysis) is 1. The quantitative estimate of drug-likeness (QED) is 0.249. The molecule has 0 spiro atoms. The summed E-state index contributed by atoms with van der Waals surface area (Å²) in [5.41, 5.74) is 2.23. The number of nitrogens with zero attached hydrogens (tertiary/aromatic N) is 1. The highest BCUT2D eigenvalue weighted by Gasteiger charge is 2.28. The summed E-state index contributed by atoms with van der Waals surface area (Å²) >= 11 is 1.49. The van der Waals surface area contributed by atoms with Gasteiger partial charge < -0.3 is 10.1 Å². The zero-order chi connectivity index (χ0) is 28.6. The van der Waals surface area contributed by atoms with Gasteiger partial charge in [0.1, 0.15) is 5.60 Å². The van der Waals surface area contributed by atoms with Crippen LogP contribution in [0.1, 0.15) is 61.9 Å². The fourth-order valence-electron chi connectivity index (χ4n) is 3.99. The number of carbonyl (C=O) groups excluding carboxylic acids is 2. The van der Waals surface area contributed by atoms with E-state index in [4.69, 9.17) is 14.3 Å². The van der Waals surface area contributed by atoms with Crippen LogP contribution < -0.4 is 10.0 Å². The van der Waals surface area contributed by atoms with E-state index in [9.17, 15) is 18.0 Å². The van der Waals surface area contributed by atoms with Gasteiger partial charge in [0, 0.05) is 17.7 Å². The summed E-state index contributed by atoms with van der Waals surface area (Å²) in [7, 11) is -4.38. The lowest BCUT2D eigenvalue weighted by atomic mass is 9.90. The SMILES string of the molecule is CCc1csc(C(CC(=O)C(Cc2ccccc2)NC(=O)OC(C)(C)C)Cc2ccc(NS(=O)(=O)O)cc2)n1. The number of ether oxygens (including phenoxy) is 1. The number of hydrogen-bond donors (Lipinski definition) is 3. The first kappa shape index (κ1) is 30.3. The first-order valence-electron chi connectivity index (χ1n) is 12.7. The smallest absolute Gasteiger partial charge is 0.408 e. The number of amides is 1. The van der Waals surface area contributed by atoms with E-state index < -0.39 is 28.0 Å². The Bertz CT molecular complexity index is 1350. The zero-order valence-corrected chi connectivity index (χ0v) is 24.1. The van der Waals surface area contributed by atoms with E-state index in [1.54, 1.807) is 45.0 Å². The lowest BCUT2D eigenvalue weighted by Crippen LogP contribution is -2.45. The topological polar surface area (TPSA) is 135 Å². The van der Waals surface area contributed by atoms with Crippen LogP contribution in [0.15, 0.2) is 60.0 Å². The van der Waals surface area contributed by atoms with Gasteiger partial charge in [-0.3, -0.25) is 14.1 Å². The number of carbonyl (C=O) groups is 2. The fourth-order valence-corrected chi connectivity index (χ4v) is 5.43. The Labute approximate surface area is 233 Å². The molecule has 0 bridgehead atoms. The summed E-state index contributed by atoms with van der Waals surface area (Å²) in [5, 5.41) is 5.57. The molecule has 2 unspecified atom stereocenters. The van der Waals surface area contributed by atoms with Gasteiger partial charge in [-0.05, 0) is 63.3 Å². The minimum Gasteiger partial charge on any atom is -0.444 e. The monoisotopic (exact) mass is 573 g/mol. The van der Waals surface area contributed by atoms with Crippen molar-refractivity contribution in [3.63, 3.8) is 0 Å². The Morgan fingerprint density at radius 1 is 1.03 bits per heavy atom. The molecule has 0 fully saturated rings. The van der Waals surface area contributed by atoms with Gasteiger partial charge in [0.2, 0.25) is 0 Å². The van der Waals surface area contributed by atoms with Crippen molar-refractivity contribution in [1.29, 1.82) is 0 Å². The van der Waals surface area contributed by atoms with Crippen molar-refractivity contribution in [3.05, 3.63) is 81.8 Å². The number of thiazole rings is 1. The lowest BCUT2D eigenvalue weighted by Gasteiger charge is -2.24. The average molecular weight is 574 g/mol. The first-order valence-corrected chi connectivity index (χ1v) is 15.0. The molecule has 3 N–H and O–H groups in total. The van der Waals surface area contributed by atoms with Gasteiger partial charge in [-0.2, -0.15) is 8.42 Å². The summed E-state index contributed by atoms with van der Waals surface area (Å²) in [6.45, 7) is 7.31. The van der Waals surface area contributed by atoms with E-state index >= 15 is 0 Å². The van der Waals surface area contributed by atoms with E-state index in [2.05, 4.69) is 5.32 Å². The summed E-state index contributed by atoms with van der Waals surface area (Å²) < 4.78 is 38.7. The summed E-state index contributed by atoms with van der Waals surface area (Å²) in [6, 6.07) is 15.2. The van der Waals surface area contributed by atoms with E-state index in [0.717, 1.165) is 28.2 Å². The highest BCUT2D eigenvalue weighted by Crippen LogP contribution is 2.29. The van der Waals surface area contributed by atoms with Gasteiger partial charge in [0.25, 0.3) is 0 Å². The van der Waals surface area contributed by atoms with Gasteiger partial charge >= 0.3 is 16.4 Å². The predicted octanol–water partition coefficient (Wildman–Crippen LogP) is 5.34. The number of nitrogens with one attached hydrogen (secondary N) is 2. The molecule has 0 radical (unpaired) electrons. The molecule has 11 heteroatoms. The van der Waals surface area contributed by atoms with Crippen molar-refractivity contribution >= 4 is 39.2 Å². The number of benzene rings is 2. The number of anilines is 1. The number of hydrogen-bond acceptors (Lipinski definition) is 7. The molecule has 0 saturated heterocycles. The molecule has 2 aromatic carbocycles. The summed E-state index contributed by atoms with van der Waals surface area (Å²) in [4.78, 5) is 31.1. The number of aromatic nitrogens is 1. The normalized spacial score (nSPS) is 13.4. The Morgan fingerprint density at radius 3 is 2.23 bits per heavy atom. The highest BCUT2D eigenvalue weighted by atomic mass is 32.2. The molecule has 0 aliphatic carbocycles. The number of Topliss-reactive ketones (excluding diaryl/α,β-unsaturated/α-hetero) is 1. The summed E-state index contributed by atoms with van der Waals surface area (Å²) in [5.74, 6) is -0.408. The number of aryl methyl sites for hydroxylation is 1. The van der Waals surface area contributed by atoms with Crippen molar-refractivity contribution in [1.82, 2.24) is 10.3 Å². The molecule has 0 aliphatic rings. The Balaban J connectivity index is 1.84. The van der Waals surface area contributed by atoms with Crippen molar-refractivity contribution < 1.29 is 27.3 Å². The van der Waals surface area contributed by atoms with Crippen LogP contribution in [0.2, 0.25) is 0 Å². The van der Waals surface area contributed by atoms with Crippen LogP contribution in [0.4, 0.5) is 10.5 Å². The van der Waals surface area contributed by atoms with Crippen LogP contribution in [-0.2, 0) is 39.1 Å².